The molecule has 6 nitrogen and oxygen atoms in total. The van der Waals surface area contributed by atoms with E-state index in [4.69, 9.17) is 11.6 Å². The van der Waals surface area contributed by atoms with Gasteiger partial charge < -0.3 is 10.1 Å². The monoisotopic (exact) mass is 384 g/mol. The Morgan fingerprint density at radius 3 is 2.62 bits per heavy atom. The molecule has 0 heterocycles. The molecule has 2 aromatic rings. The first kappa shape index (κ1) is 19.6. The molecule has 1 N–H and O–H groups in total. The van der Waals surface area contributed by atoms with Gasteiger partial charge in [0.25, 0.3) is 11.6 Å². The lowest BCUT2D eigenvalue weighted by Crippen LogP contribution is -2.29. The van der Waals surface area contributed by atoms with Gasteiger partial charge in [0.1, 0.15) is 5.75 Å². The fourth-order valence-corrected chi connectivity index (χ4v) is 2.61. The van der Waals surface area contributed by atoms with Gasteiger partial charge >= 0.3 is 6.61 Å². The van der Waals surface area contributed by atoms with E-state index in [1.807, 2.05) is 0 Å². The number of nitro groups is 1. The Bertz CT molecular complexity index is 817. The number of alkyl halides is 2. The van der Waals surface area contributed by atoms with Crippen molar-refractivity contribution in [3.63, 3.8) is 0 Å². The number of carbonyl (C=O) groups excluding carboxylic acids is 1. The number of nitro benzene ring substituents is 1. The summed E-state index contributed by atoms with van der Waals surface area (Å²) < 4.78 is 29.6. The molecule has 0 fully saturated rings. The van der Waals surface area contributed by atoms with Gasteiger partial charge in [-0.25, -0.2) is 0 Å². The topological polar surface area (TPSA) is 81.5 Å². The van der Waals surface area contributed by atoms with Crippen molar-refractivity contribution >= 4 is 23.2 Å². The number of hydrogen-bond acceptors (Lipinski definition) is 4. The number of nitrogens with zero attached hydrogens (tertiary/aromatic N) is 1. The first-order chi connectivity index (χ1) is 12.3. The van der Waals surface area contributed by atoms with E-state index in [1.54, 1.807) is 19.1 Å². The largest absolute Gasteiger partial charge is 0.434 e. The van der Waals surface area contributed by atoms with Crippen molar-refractivity contribution in [1.82, 2.24) is 5.32 Å². The Hall–Kier alpha value is -2.74. The number of halogens is 3. The van der Waals surface area contributed by atoms with Crippen LogP contribution in [0.25, 0.3) is 0 Å². The summed E-state index contributed by atoms with van der Waals surface area (Å²) in [4.78, 5) is 22.7. The molecule has 0 spiro atoms. The van der Waals surface area contributed by atoms with Crippen LogP contribution in [0.1, 0.15) is 35.3 Å². The maximum Gasteiger partial charge on any atom is 0.387 e. The average Bonchev–Trinajstić information content (AvgIpc) is 2.59. The van der Waals surface area contributed by atoms with Gasteiger partial charge in [0.15, 0.2) is 0 Å². The zero-order valence-corrected chi connectivity index (χ0v) is 14.4. The predicted octanol–water partition coefficient (Wildman–Crippen LogP) is 4.73. The second kappa shape index (κ2) is 8.57. The van der Waals surface area contributed by atoms with Crippen LogP contribution in [-0.2, 0) is 0 Å². The average molecular weight is 385 g/mol. The molecule has 138 valence electrons. The number of nitrogens with one attached hydrogen (secondary N) is 1. The highest BCUT2D eigenvalue weighted by atomic mass is 35.5. The molecular weight excluding hydrogens is 370 g/mol. The molecule has 0 bridgehead atoms. The maximum absolute atomic E-state index is 12.6. The number of hydrogen-bond donors (Lipinski definition) is 1. The van der Waals surface area contributed by atoms with Gasteiger partial charge in [-0.2, -0.15) is 8.78 Å². The molecule has 2 aromatic carbocycles. The number of rotatable bonds is 7. The van der Waals surface area contributed by atoms with Gasteiger partial charge in [-0.1, -0.05) is 36.7 Å². The Balaban J connectivity index is 2.30. The zero-order chi connectivity index (χ0) is 19.3. The quantitative estimate of drug-likeness (QED) is 0.552. The maximum atomic E-state index is 12.6. The summed E-state index contributed by atoms with van der Waals surface area (Å²) in [5.41, 5.74) is 0.00538. The lowest BCUT2D eigenvalue weighted by atomic mass is 10.0. The van der Waals surface area contributed by atoms with Crippen molar-refractivity contribution in [3.05, 3.63) is 68.7 Å². The molecule has 0 radical (unpaired) electrons. The van der Waals surface area contributed by atoms with E-state index in [-0.39, 0.29) is 22.0 Å². The number of non-ortho nitro benzene ring substituents is 1. The van der Waals surface area contributed by atoms with Crippen LogP contribution in [0, 0.1) is 10.1 Å². The van der Waals surface area contributed by atoms with E-state index in [9.17, 15) is 23.7 Å². The van der Waals surface area contributed by atoms with E-state index in [0.717, 1.165) is 6.07 Å². The van der Waals surface area contributed by atoms with Crippen LogP contribution < -0.4 is 10.1 Å². The summed E-state index contributed by atoms with van der Waals surface area (Å²) in [6.45, 7) is -1.25. The normalized spacial score (nSPS) is 11.9. The van der Waals surface area contributed by atoms with Crippen LogP contribution in [0.5, 0.6) is 5.75 Å². The Morgan fingerprint density at radius 2 is 2.00 bits per heavy atom. The molecule has 1 unspecified atom stereocenters. The minimum absolute atomic E-state index is 0.0417. The number of para-hydroxylation sites is 1. The molecule has 0 aliphatic heterocycles. The van der Waals surface area contributed by atoms with Crippen LogP contribution in [0.4, 0.5) is 14.5 Å². The molecule has 0 aromatic heterocycles. The van der Waals surface area contributed by atoms with E-state index in [0.29, 0.717) is 12.0 Å². The van der Waals surface area contributed by atoms with Gasteiger partial charge in [-0.05, 0) is 18.6 Å². The van der Waals surface area contributed by atoms with E-state index in [2.05, 4.69) is 10.1 Å². The molecule has 2 rings (SSSR count). The van der Waals surface area contributed by atoms with Gasteiger partial charge in [-0.15, -0.1) is 0 Å². The van der Waals surface area contributed by atoms with Crippen molar-refractivity contribution in [1.29, 1.82) is 0 Å². The number of amides is 1. The highest BCUT2D eigenvalue weighted by Gasteiger charge is 2.22. The highest BCUT2D eigenvalue weighted by molar-refractivity contribution is 6.34. The fourth-order valence-electron chi connectivity index (χ4n) is 2.41. The molecule has 0 saturated heterocycles. The summed E-state index contributed by atoms with van der Waals surface area (Å²) in [5.74, 6) is -0.711. The summed E-state index contributed by atoms with van der Waals surface area (Å²) in [5, 5.41) is 13.6. The standard InChI is InChI=1S/C17H15ClF2N2O4/c1-2-14(11-5-3-4-6-15(11)26-17(19)20)21-16(23)12-9-10(22(24)25)7-8-13(12)18/h3-9,14,17H,2H2,1H3,(H,21,23). The predicted molar refractivity (Wildman–Crippen MR) is 91.7 cm³/mol. The van der Waals surface area contributed by atoms with Crippen LogP contribution >= 0.6 is 11.6 Å². The number of benzene rings is 2. The van der Waals surface area contributed by atoms with Crippen molar-refractivity contribution < 1.29 is 23.2 Å². The third-order valence-electron chi connectivity index (χ3n) is 3.63. The molecular formula is C17H15ClF2N2O4. The van der Waals surface area contributed by atoms with Crippen molar-refractivity contribution in [2.45, 2.75) is 26.0 Å². The molecule has 0 aliphatic rings. The summed E-state index contributed by atoms with van der Waals surface area (Å²) in [7, 11) is 0. The lowest BCUT2D eigenvalue weighted by molar-refractivity contribution is -0.384. The highest BCUT2D eigenvalue weighted by Crippen LogP contribution is 2.29. The first-order valence-electron chi connectivity index (χ1n) is 7.62. The fraction of sp³-hybridized carbons (Fsp3) is 0.235. The molecule has 1 atom stereocenters. The van der Waals surface area contributed by atoms with Gasteiger partial charge in [0.2, 0.25) is 0 Å². The molecule has 26 heavy (non-hydrogen) atoms. The Labute approximate surface area is 152 Å². The number of carbonyl (C=O) groups is 1. The van der Waals surface area contributed by atoms with Crippen molar-refractivity contribution in [2.75, 3.05) is 0 Å². The van der Waals surface area contributed by atoms with Gasteiger partial charge in [0, 0.05) is 17.7 Å². The van der Waals surface area contributed by atoms with Crippen LogP contribution in [0.2, 0.25) is 5.02 Å². The molecule has 0 aliphatic carbocycles. The Kier molecular flexibility index (Phi) is 6.46. The lowest BCUT2D eigenvalue weighted by Gasteiger charge is -2.20. The van der Waals surface area contributed by atoms with E-state index >= 15 is 0 Å². The second-order valence-corrected chi connectivity index (χ2v) is 5.68. The summed E-state index contributed by atoms with van der Waals surface area (Å²) in [6, 6.07) is 8.94. The first-order valence-corrected chi connectivity index (χ1v) is 7.99. The summed E-state index contributed by atoms with van der Waals surface area (Å²) in [6.07, 6.45) is 0.377. The molecule has 9 heteroatoms. The van der Waals surface area contributed by atoms with Gasteiger partial charge in [0.05, 0.1) is 21.6 Å². The summed E-state index contributed by atoms with van der Waals surface area (Å²) >= 11 is 5.96. The van der Waals surface area contributed by atoms with Crippen LogP contribution in [0.15, 0.2) is 42.5 Å². The van der Waals surface area contributed by atoms with Crippen molar-refractivity contribution in [2.24, 2.45) is 0 Å². The third kappa shape index (κ3) is 4.66. The van der Waals surface area contributed by atoms with Crippen LogP contribution in [0.3, 0.4) is 0 Å². The Morgan fingerprint density at radius 1 is 1.31 bits per heavy atom. The van der Waals surface area contributed by atoms with Crippen LogP contribution in [-0.4, -0.2) is 17.4 Å². The smallest absolute Gasteiger partial charge is 0.387 e. The SMILES string of the molecule is CCC(NC(=O)c1cc([N+](=O)[O-])ccc1Cl)c1ccccc1OC(F)F. The van der Waals surface area contributed by atoms with Crippen molar-refractivity contribution in [3.8, 4) is 5.75 Å². The molecule has 1 amide bonds. The van der Waals surface area contributed by atoms with E-state index < -0.39 is 23.5 Å². The third-order valence-corrected chi connectivity index (χ3v) is 3.96. The minimum Gasteiger partial charge on any atom is -0.434 e. The second-order valence-electron chi connectivity index (χ2n) is 5.27. The zero-order valence-electron chi connectivity index (χ0n) is 13.6. The minimum atomic E-state index is -3.00. The molecule has 0 saturated carbocycles. The van der Waals surface area contributed by atoms with E-state index in [1.165, 1.54) is 24.3 Å². The van der Waals surface area contributed by atoms with Gasteiger partial charge in [-0.3, -0.25) is 14.9 Å². The number of ether oxygens (including phenoxy) is 1.